The van der Waals surface area contributed by atoms with Gasteiger partial charge in [0.15, 0.2) is 0 Å². The van der Waals surface area contributed by atoms with Crippen molar-refractivity contribution in [2.24, 2.45) is 0 Å². The number of hydrogen-bond acceptors (Lipinski definition) is 4. The quantitative estimate of drug-likeness (QED) is 0.805. The average molecular weight is 351 g/mol. The van der Waals surface area contributed by atoms with Crippen LogP contribution in [0.25, 0.3) is 0 Å². The lowest BCUT2D eigenvalue weighted by Crippen LogP contribution is -2.44. The van der Waals surface area contributed by atoms with Crippen molar-refractivity contribution in [2.45, 2.75) is 57.3 Å². The van der Waals surface area contributed by atoms with Crippen LogP contribution in [-0.4, -0.2) is 48.5 Å². The van der Waals surface area contributed by atoms with Crippen LogP contribution in [0.5, 0.6) is 5.75 Å². The Bertz CT molecular complexity index is 517. The molecule has 0 atom stereocenters. The van der Waals surface area contributed by atoms with Gasteiger partial charge in [-0.05, 0) is 23.0 Å². The molecule has 1 heterocycles. The molecule has 1 saturated heterocycles. The minimum Gasteiger partial charge on any atom is -0.507 e. The van der Waals surface area contributed by atoms with Crippen LogP contribution in [0.15, 0.2) is 17.0 Å². The lowest BCUT2D eigenvalue weighted by Gasteiger charge is -2.29. The Kier molecular flexibility index (Phi) is 6.27. The summed E-state index contributed by atoms with van der Waals surface area (Å²) < 4.78 is 0. The molecule has 1 aromatic carbocycles. The summed E-state index contributed by atoms with van der Waals surface area (Å²) in [5, 5.41) is 14.2. The maximum absolute atomic E-state index is 10.8. The van der Waals surface area contributed by atoms with Gasteiger partial charge in [0.05, 0.1) is 0 Å². The molecule has 0 saturated carbocycles. The number of rotatable bonds is 4. The van der Waals surface area contributed by atoms with E-state index in [0.29, 0.717) is 5.75 Å². The van der Waals surface area contributed by atoms with E-state index < -0.39 is 0 Å². The lowest BCUT2D eigenvalue weighted by atomic mass is 9.79. The fourth-order valence-electron chi connectivity index (χ4n) is 3.06. The molecule has 0 aromatic heterocycles. The number of piperazine rings is 1. The van der Waals surface area contributed by atoms with E-state index in [1.54, 1.807) is 0 Å². The van der Waals surface area contributed by atoms with Crippen LogP contribution in [-0.2, 0) is 10.8 Å². The minimum atomic E-state index is -0.0564. The number of thioether (sulfide) groups is 1. The second kappa shape index (κ2) is 7.67. The Morgan fingerprint density at radius 1 is 1.00 bits per heavy atom. The van der Waals surface area contributed by atoms with Gasteiger partial charge in [-0.3, -0.25) is 4.90 Å². The highest BCUT2D eigenvalue weighted by atomic mass is 32.2. The largest absolute Gasteiger partial charge is 0.507 e. The SMILES string of the molecule is CC(C)(C)c1cc(SCCN2CCNCC2)cc(C(C)(C)C)c1O. The maximum Gasteiger partial charge on any atom is 0.123 e. The first-order valence-electron chi connectivity index (χ1n) is 9.03. The van der Waals surface area contributed by atoms with Gasteiger partial charge in [0.25, 0.3) is 0 Å². The third-order valence-corrected chi connectivity index (χ3v) is 5.54. The highest BCUT2D eigenvalue weighted by Gasteiger charge is 2.26. The summed E-state index contributed by atoms with van der Waals surface area (Å²) in [6, 6.07) is 4.37. The molecule has 2 rings (SSSR count). The van der Waals surface area contributed by atoms with Crippen LogP contribution in [0.3, 0.4) is 0 Å². The lowest BCUT2D eigenvalue weighted by molar-refractivity contribution is 0.255. The summed E-state index contributed by atoms with van der Waals surface area (Å²) in [6.45, 7) is 18.7. The number of nitrogens with zero attached hydrogens (tertiary/aromatic N) is 1. The molecular formula is C20H34N2OS. The van der Waals surface area contributed by atoms with Gasteiger partial charge in [-0.2, -0.15) is 0 Å². The van der Waals surface area contributed by atoms with E-state index in [-0.39, 0.29) is 10.8 Å². The molecule has 1 aliphatic heterocycles. The van der Waals surface area contributed by atoms with Gasteiger partial charge < -0.3 is 10.4 Å². The van der Waals surface area contributed by atoms with Gasteiger partial charge in [-0.1, -0.05) is 41.5 Å². The molecule has 0 spiro atoms. The van der Waals surface area contributed by atoms with Gasteiger partial charge in [0.2, 0.25) is 0 Å². The average Bonchev–Trinajstić information content (AvgIpc) is 2.47. The topological polar surface area (TPSA) is 35.5 Å². The van der Waals surface area contributed by atoms with Crippen LogP contribution in [0.1, 0.15) is 52.7 Å². The van der Waals surface area contributed by atoms with Crippen LogP contribution in [0.2, 0.25) is 0 Å². The Hall–Kier alpha value is -0.710. The number of phenolic OH excluding ortho intramolecular Hbond substituents is 1. The molecule has 4 heteroatoms. The van der Waals surface area contributed by atoms with Crippen molar-refractivity contribution < 1.29 is 5.11 Å². The second-order valence-electron chi connectivity index (χ2n) is 8.81. The monoisotopic (exact) mass is 350 g/mol. The minimum absolute atomic E-state index is 0.0564. The van der Waals surface area contributed by atoms with Gasteiger partial charge in [0, 0.05) is 54.5 Å². The van der Waals surface area contributed by atoms with Crippen molar-refractivity contribution in [3.8, 4) is 5.75 Å². The Morgan fingerprint density at radius 2 is 1.50 bits per heavy atom. The van der Waals surface area contributed by atoms with Gasteiger partial charge in [0.1, 0.15) is 5.75 Å². The van der Waals surface area contributed by atoms with E-state index in [1.165, 1.54) is 4.90 Å². The summed E-state index contributed by atoms with van der Waals surface area (Å²) in [4.78, 5) is 3.80. The zero-order valence-corrected chi connectivity index (χ0v) is 17.0. The number of benzene rings is 1. The summed E-state index contributed by atoms with van der Waals surface area (Å²) >= 11 is 1.91. The summed E-state index contributed by atoms with van der Waals surface area (Å²) in [6.07, 6.45) is 0. The predicted octanol–water partition coefficient (Wildman–Crippen LogP) is 3.98. The molecule has 0 bridgehead atoms. The molecule has 2 N–H and O–H groups in total. The maximum atomic E-state index is 10.8. The summed E-state index contributed by atoms with van der Waals surface area (Å²) in [5.74, 6) is 1.57. The first-order chi connectivity index (χ1) is 11.1. The molecule has 1 fully saturated rings. The van der Waals surface area contributed by atoms with Crippen molar-refractivity contribution in [1.29, 1.82) is 0 Å². The Morgan fingerprint density at radius 3 is 1.96 bits per heavy atom. The highest BCUT2D eigenvalue weighted by molar-refractivity contribution is 7.99. The zero-order valence-electron chi connectivity index (χ0n) is 16.2. The van der Waals surface area contributed by atoms with Gasteiger partial charge >= 0.3 is 0 Å². The molecule has 3 nitrogen and oxygen atoms in total. The summed E-state index contributed by atoms with van der Waals surface area (Å²) in [5.41, 5.74) is 2.00. The first-order valence-corrected chi connectivity index (χ1v) is 10.0. The Labute approximate surface area is 152 Å². The predicted molar refractivity (Wildman–Crippen MR) is 106 cm³/mol. The van der Waals surface area contributed by atoms with Gasteiger partial charge in [-0.15, -0.1) is 11.8 Å². The van der Waals surface area contributed by atoms with Crippen molar-refractivity contribution in [1.82, 2.24) is 10.2 Å². The van der Waals surface area contributed by atoms with Crippen LogP contribution < -0.4 is 5.32 Å². The molecule has 136 valence electrons. The van der Waals surface area contributed by atoms with E-state index in [1.807, 2.05) is 11.8 Å². The van der Waals surface area contributed by atoms with E-state index in [0.717, 1.165) is 49.6 Å². The van der Waals surface area contributed by atoms with E-state index in [2.05, 4.69) is 63.9 Å². The van der Waals surface area contributed by atoms with Gasteiger partial charge in [-0.25, -0.2) is 0 Å². The first kappa shape index (κ1) is 19.6. The van der Waals surface area contributed by atoms with Crippen molar-refractivity contribution >= 4 is 11.8 Å². The van der Waals surface area contributed by atoms with Crippen LogP contribution in [0, 0.1) is 0 Å². The smallest absolute Gasteiger partial charge is 0.123 e. The summed E-state index contributed by atoms with van der Waals surface area (Å²) in [7, 11) is 0. The molecule has 1 aliphatic rings. The third kappa shape index (κ3) is 5.14. The van der Waals surface area contributed by atoms with Crippen molar-refractivity contribution in [3.05, 3.63) is 23.3 Å². The standard InChI is InChI=1S/C20H34N2OS/c1-19(2,3)16-13-15(14-17(18(16)23)20(4,5)6)24-12-11-22-9-7-21-8-10-22/h13-14,21,23H,7-12H2,1-6H3. The number of hydrogen-bond donors (Lipinski definition) is 2. The zero-order chi connectivity index (χ0) is 18.0. The third-order valence-electron chi connectivity index (χ3n) is 4.59. The normalized spacial score (nSPS) is 17.2. The molecule has 0 aliphatic carbocycles. The Balaban J connectivity index is 2.16. The van der Waals surface area contributed by atoms with Crippen molar-refractivity contribution in [3.63, 3.8) is 0 Å². The molecule has 0 radical (unpaired) electrons. The molecule has 24 heavy (non-hydrogen) atoms. The molecule has 0 amide bonds. The van der Waals surface area contributed by atoms with Crippen LogP contribution in [0.4, 0.5) is 0 Å². The molecular weight excluding hydrogens is 316 g/mol. The molecule has 1 aromatic rings. The van der Waals surface area contributed by atoms with E-state index in [9.17, 15) is 5.11 Å². The second-order valence-corrected chi connectivity index (χ2v) is 9.98. The van der Waals surface area contributed by atoms with E-state index >= 15 is 0 Å². The fraction of sp³-hybridized carbons (Fsp3) is 0.700. The number of nitrogens with one attached hydrogen (secondary N) is 1. The van der Waals surface area contributed by atoms with Crippen molar-refractivity contribution in [2.75, 3.05) is 38.5 Å². The van der Waals surface area contributed by atoms with E-state index in [4.69, 9.17) is 0 Å². The van der Waals surface area contributed by atoms with Crippen LogP contribution >= 0.6 is 11.8 Å². The number of phenols is 1. The molecule has 0 unspecified atom stereocenters. The highest BCUT2D eigenvalue weighted by Crippen LogP contribution is 2.41. The fourth-order valence-corrected chi connectivity index (χ4v) is 4.05. The number of aromatic hydroxyl groups is 1.